The molecule has 1 aromatic carbocycles. The van der Waals surface area contributed by atoms with E-state index in [-0.39, 0.29) is 5.91 Å². The fraction of sp³-hybridized carbons (Fsp3) is 0.263. The fourth-order valence-electron chi connectivity index (χ4n) is 2.71. The Hall–Kier alpha value is -2.33. The number of hydrogen-bond donors (Lipinski definition) is 1. The molecule has 4 nitrogen and oxygen atoms in total. The molecule has 0 aliphatic carbocycles. The molecular formula is C19H20ClN3O. The number of carbonyl (C=O) groups is 1. The average molecular weight is 342 g/mol. The van der Waals surface area contributed by atoms with E-state index in [1.54, 1.807) is 6.07 Å². The van der Waals surface area contributed by atoms with Crippen LogP contribution in [0.15, 0.2) is 36.5 Å². The van der Waals surface area contributed by atoms with Crippen molar-refractivity contribution < 1.29 is 4.79 Å². The molecule has 124 valence electrons. The molecule has 0 bridgehead atoms. The molecule has 5 heteroatoms. The van der Waals surface area contributed by atoms with Gasteiger partial charge in [-0.3, -0.25) is 9.20 Å². The van der Waals surface area contributed by atoms with Gasteiger partial charge in [0.05, 0.1) is 5.69 Å². The van der Waals surface area contributed by atoms with E-state index in [1.165, 1.54) is 0 Å². The van der Waals surface area contributed by atoms with Crippen molar-refractivity contribution in [3.63, 3.8) is 0 Å². The molecule has 24 heavy (non-hydrogen) atoms. The minimum Gasteiger partial charge on any atom is -0.321 e. The lowest BCUT2D eigenvalue weighted by Gasteiger charge is -2.08. The molecule has 0 spiro atoms. The predicted molar refractivity (Wildman–Crippen MR) is 98.1 cm³/mol. The monoisotopic (exact) mass is 341 g/mol. The Balaban J connectivity index is 2.01. The highest BCUT2D eigenvalue weighted by molar-refractivity contribution is 6.31. The topological polar surface area (TPSA) is 46.4 Å². The van der Waals surface area contributed by atoms with Gasteiger partial charge in [-0.1, -0.05) is 31.0 Å². The van der Waals surface area contributed by atoms with Gasteiger partial charge >= 0.3 is 0 Å². The summed E-state index contributed by atoms with van der Waals surface area (Å²) in [6.45, 7) is 6.03. The van der Waals surface area contributed by atoms with Crippen molar-refractivity contribution in [2.75, 3.05) is 5.32 Å². The first-order valence-electron chi connectivity index (χ1n) is 8.04. The average Bonchev–Trinajstić information content (AvgIpc) is 2.88. The highest BCUT2D eigenvalue weighted by Gasteiger charge is 2.19. The Kier molecular flexibility index (Phi) is 4.58. The van der Waals surface area contributed by atoms with E-state index in [2.05, 4.69) is 17.2 Å². The molecule has 2 heterocycles. The van der Waals surface area contributed by atoms with Gasteiger partial charge < -0.3 is 5.32 Å². The molecule has 1 N–H and O–H groups in total. The van der Waals surface area contributed by atoms with Crippen LogP contribution >= 0.6 is 11.6 Å². The molecule has 3 aromatic rings. The molecule has 0 saturated carbocycles. The van der Waals surface area contributed by atoms with Crippen molar-refractivity contribution >= 4 is 28.8 Å². The van der Waals surface area contributed by atoms with Crippen LogP contribution in [-0.2, 0) is 6.42 Å². The summed E-state index contributed by atoms with van der Waals surface area (Å²) in [6.07, 6.45) is 3.59. The number of pyridine rings is 1. The number of nitrogens with one attached hydrogen (secondary N) is 1. The van der Waals surface area contributed by atoms with Gasteiger partial charge in [0, 0.05) is 16.9 Å². The zero-order valence-corrected chi connectivity index (χ0v) is 14.8. The third kappa shape index (κ3) is 3.15. The number of benzene rings is 1. The van der Waals surface area contributed by atoms with E-state index in [4.69, 9.17) is 11.6 Å². The van der Waals surface area contributed by atoms with Crippen LogP contribution in [0.2, 0.25) is 5.02 Å². The van der Waals surface area contributed by atoms with Crippen LogP contribution in [-0.4, -0.2) is 15.3 Å². The number of aryl methyl sites for hydroxylation is 3. The van der Waals surface area contributed by atoms with Crippen LogP contribution in [0.3, 0.4) is 0 Å². The normalized spacial score (nSPS) is 11.0. The van der Waals surface area contributed by atoms with E-state index < -0.39 is 0 Å². The van der Waals surface area contributed by atoms with Crippen molar-refractivity contribution in [2.45, 2.75) is 33.6 Å². The Morgan fingerprint density at radius 3 is 2.75 bits per heavy atom. The predicted octanol–water partition coefficient (Wildman–Crippen LogP) is 4.81. The molecule has 0 fully saturated rings. The number of fused-ring (bicyclic) bond motifs is 1. The van der Waals surface area contributed by atoms with Crippen molar-refractivity contribution in [1.29, 1.82) is 0 Å². The van der Waals surface area contributed by atoms with Gasteiger partial charge in [-0.2, -0.15) is 0 Å². The largest absolute Gasteiger partial charge is 0.321 e. The third-order valence-electron chi connectivity index (χ3n) is 3.99. The summed E-state index contributed by atoms with van der Waals surface area (Å²) in [4.78, 5) is 17.5. The van der Waals surface area contributed by atoms with Crippen molar-refractivity contribution in [2.24, 2.45) is 0 Å². The van der Waals surface area contributed by atoms with Crippen LogP contribution in [0.25, 0.3) is 5.65 Å². The summed E-state index contributed by atoms with van der Waals surface area (Å²) in [5, 5.41) is 3.57. The van der Waals surface area contributed by atoms with Gasteiger partial charge in [-0.05, 0) is 55.7 Å². The maximum absolute atomic E-state index is 12.9. The molecule has 0 saturated heterocycles. The number of rotatable bonds is 4. The highest BCUT2D eigenvalue weighted by atomic mass is 35.5. The van der Waals surface area contributed by atoms with Crippen LogP contribution in [0.1, 0.15) is 40.7 Å². The Morgan fingerprint density at radius 1 is 1.25 bits per heavy atom. The van der Waals surface area contributed by atoms with E-state index in [0.717, 1.165) is 35.3 Å². The second-order valence-corrected chi connectivity index (χ2v) is 6.41. The summed E-state index contributed by atoms with van der Waals surface area (Å²) >= 11 is 6.15. The first kappa shape index (κ1) is 16.5. The van der Waals surface area contributed by atoms with Gasteiger partial charge in [0.25, 0.3) is 5.91 Å². The number of anilines is 1. The zero-order valence-electron chi connectivity index (χ0n) is 14.1. The van der Waals surface area contributed by atoms with Crippen LogP contribution in [0, 0.1) is 13.8 Å². The summed E-state index contributed by atoms with van der Waals surface area (Å²) in [7, 11) is 0. The summed E-state index contributed by atoms with van der Waals surface area (Å²) in [5.41, 5.74) is 4.98. The molecule has 0 atom stereocenters. The number of carbonyl (C=O) groups excluding carboxylic acids is 1. The van der Waals surface area contributed by atoms with Crippen molar-refractivity contribution in [3.05, 3.63) is 64.1 Å². The smallest absolute Gasteiger partial charge is 0.274 e. The van der Waals surface area contributed by atoms with E-state index in [0.29, 0.717) is 16.4 Å². The maximum atomic E-state index is 12.9. The van der Waals surface area contributed by atoms with Gasteiger partial charge in [0.15, 0.2) is 0 Å². The van der Waals surface area contributed by atoms with Crippen molar-refractivity contribution in [1.82, 2.24) is 9.38 Å². The number of halogens is 1. The molecule has 0 aliphatic heterocycles. The highest BCUT2D eigenvalue weighted by Crippen LogP contribution is 2.22. The fourth-order valence-corrected chi connectivity index (χ4v) is 2.89. The van der Waals surface area contributed by atoms with Crippen LogP contribution in [0.4, 0.5) is 5.69 Å². The quantitative estimate of drug-likeness (QED) is 0.740. The van der Waals surface area contributed by atoms with Gasteiger partial charge in [-0.25, -0.2) is 4.98 Å². The zero-order chi connectivity index (χ0) is 17.3. The standard InChI is InChI=1S/C19H20ClN3O/c1-4-5-16-18(23-9-8-12(2)10-17(23)22-16)19(24)21-14-7-6-13(3)15(20)11-14/h6-11H,4-5H2,1-3H3,(H,21,24). The molecule has 3 rings (SSSR count). The number of nitrogens with zero attached hydrogens (tertiary/aromatic N) is 2. The molecular weight excluding hydrogens is 322 g/mol. The minimum absolute atomic E-state index is 0.172. The Bertz CT molecular complexity index is 914. The summed E-state index contributed by atoms with van der Waals surface area (Å²) in [5.74, 6) is -0.172. The SMILES string of the molecule is CCCc1nc2cc(C)ccn2c1C(=O)Nc1ccc(C)c(Cl)c1. The second-order valence-electron chi connectivity index (χ2n) is 6.01. The number of hydrogen-bond acceptors (Lipinski definition) is 2. The molecule has 2 aromatic heterocycles. The lowest BCUT2D eigenvalue weighted by Crippen LogP contribution is -2.16. The van der Waals surface area contributed by atoms with Gasteiger partial charge in [-0.15, -0.1) is 0 Å². The van der Waals surface area contributed by atoms with Gasteiger partial charge in [0.2, 0.25) is 0 Å². The maximum Gasteiger partial charge on any atom is 0.274 e. The molecule has 0 unspecified atom stereocenters. The van der Waals surface area contributed by atoms with E-state index in [9.17, 15) is 4.79 Å². The molecule has 0 aliphatic rings. The second kappa shape index (κ2) is 6.65. The van der Waals surface area contributed by atoms with Crippen LogP contribution < -0.4 is 5.32 Å². The number of amides is 1. The Morgan fingerprint density at radius 2 is 2.04 bits per heavy atom. The van der Waals surface area contributed by atoms with Crippen LogP contribution in [0.5, 0.6) is 0 Å². The summed E-state index contributed by atoms with van der Waals surface area (Å²) in [6, 6.07) is 9.47. The third-order valence-corrected chi connectivity index (χ3v) is 4.39. The summed E-state index contributed by atoms with van der Waals surface area (Å²) < 4.78 is 1.85. The lowest BCUT2D eigenvalue weighted by atomic mass is 10.2. The number of imidazole rings is 1. The number of aromatic nitrogens is 2. The van der Waals surface area contributed by atoms with Gasteiger partial charge in [0.1, 0.15) is 11.3 Å². The first-order valence-corrected chi connectivity index (χ1v) is 8.42. The first-order chi connectivity index (χ1) is 11.5. The van der Waals surface area contributed by atoms with Crippen molar-refractivity contribution in [3.8, 4) is 0 Å². The van der Waals surface area contributed by atoms with E-state index in [1.807, 2.05) is 48.7 Å². The molecule has 0 radical (unpaired) electrons. The Labute approximate surface area is 146 Å². The minimum atomic E-state index is -0.172. The molecule has 1 amide bonds. The van der Waals surface area contributed by atoms with E-state index >= 15 is 0 Å². The lowest BCUT2D eigenvalue weighted by molar-refractivity contribution is 0.102.